The standard InChI is InChI=1S/C12H15ClOS/c1-2-10(14)6-5-9-15-12-8-4-3-7-11(12)13/h3-4,7-8H,2,5-6,9H2,1H3. The number of Topliss-reactive ketones (excluding diaryl/α,β-unsaturated/α-hetero) is 1. The quantitative estimate of drug-likeness (QED) is 0.550. The van der Waals surface area contributed by atoms with Gasteiger partial charge >= 0.3 is 0 Å². The molecule has 0 bridgehead atoms. The molecule has 1 aromatic rings. The first-order valence-electron chi connectivity index (χ1n) is 5.13. The van der Waals surface area contributed by atoms with Crippen LogP contribution in [-0.4, -0.2) is 11.5 Å². The predicted octanol–water partition coefficient (Wildman–Crippen LogP) is 4.19. The average molecular weight is 243 g/mol. The van der Waals surface area contributed by atoms with Crippen molar-refractivity contribution in [3.63, 3.8) is 0 Å². The minimum Gasteiger partial charge on any atom is -0.300 e. The minimum atomic E-state index is 0.342. The highest BCUT2D eigenvalue weighted by atomic mass is 35.5. The molecule has 0 fully saturated rings. The smallest absolute Gasteiger partial charge is 0.132 e. The van der Waals surface area contributed by atoms with Gasteiger partial charge < -0.3 is 0 Å². The Kier molecular flexibility index (Phi) is 5.81. The van der Waals surface area contributed by atoms with E-state index in [9.17, 15) is 4.79 Å². The molecule has 0 radical (unpaired) electrons. The van der Waals surface area contributed by atoms with Crippen LogP contribution in [0.15, 0.2) is 29.2 Å². The van der Waals surface area contributed by atoms with E-state index in [0.29, 0.717) is 18.6 Å². The Bertz CT molecular complexity index is 325. The van der Waals surface area contributed by atoms with Gasteiger partial charge in [0.25, 0.3) is 0 Å². The maximum absolute atomic E-state index is 11.1. The normalized spacial score (nSPS) is 10.3. The van der Waals surface area contributed by atoms with E-state index >= 15 is 0 Å². The van der Waals surface area contributed by atoms with Crippen molar-refractivity contribution in [3.05, 3.63) is 29.3 Å². The predicted molar refractivity (Wildman–Crippen MR) is 66.7 cm³/mol. The van der Waals surface area contributed by atoms with Crippen LogP contribution in [0.1, 0.15) is 26.2 Å². The highest BCUT2D eigenvalue weighted by Gasteiger charge is 2.01. The molecule has 0 heterocycles. The third-order valence-electron chi connectivity index (χ3n) is 2.09. The van der Waals surface area contributed by atoms with Crippen molar-refractivity contribution in [1.29, 1.82) is 0 Å². The van der Waals surface area contributed by atoms with Crippen molar-refractivity contribution < 1.29 is 4.79 Å². The van der Waals surface area contributed by atoms with Crippen LogP contribution in [0, 0.1) is 0 Å². The number of carbonyl (C=O) groups is 1. The van der Waals surface area contributed by atoms with Crippen LogP contribution >= 0.6 is 23.4 Å². The van der Waals surface area contributed by atoms with Crippen LogP contribution in [0.2, 0.25) is 5.02 Å². The molecule has 0 aromatic heterocycles. The van der Waals surface area contributed by atoms with Crippen LogP contribution in [0.3, 0.4) is 0 Å². The first-order valence-corrected chi connectivity index (χ1v) is 6.49. The summed E-state index contributed by atoms with van der Waals surface area (Å²) in [5.74, 6) is 1.30. The van der Waals surface area contributed by atoms with E-state index < -0.39 is 0 Å². The van der Waals surface area contributed by atoms with Gasteiger partial charge in [0.05, 0.1) is 5.02 Å². The third-order valence-corrected chi connectivity index (χ3v) is 3.69. The van der Waals surface area contributed by atoms with Gasteiger partial charge in [0.2, 0.25) is 0 Å². The summed E-state index contributed by atoms with van der Waals surface area (Å²) in [7, 11) is 0. The first-order chi connectivity index (χ1) is 7.24. The molecule has 0 amide bonds. The van der Waals surface area contributed by atoms with Gasteiger partial charge in [-0.25, -0.2) is 0 Å². The molecular weight excluding hydrogens is 228 g/mol. The van der Waals surface area contributed by atoms with Crippen molar-refractivity contribution in [3.8, 4) is 0 Å². The maximum atomic E-state index is 11.1. The summed E-state index contributed by atoms with van der Waals surface area (Å²) in [5.41, 5.74) is 0. The largest absolute Gasteiger partial charge is 0.300 e. The number of halogens is 1. The second kappa shape index (κ2) is 6.91. The Morgan fingerprint density at radius 1 is 1.40 bits per heavy atom. The lowest BCUT2D eigenvalue weighted by Crippen LogP contribution is -1.95. The third kappa shape index (κ3) is 4.72. The molecule has 0 aliphatic rings. The Morgan fingerprint density at radius 2 is 2.13 bits per heavy atom. The van der Waals surface area contributed by atoms with Crippen molar-refractivity contribution >= 4 is 29.1 Å². The fraction of sp³-hybridized carbons (Fsp3) is 0.417. The lowest BCUT2D eigenvalue weighted by molar-refractivity contribution is -0.118. The van der Waals surface area contributed by atoms with Gasteiger partial charge in [-0.2, -0.15) is 0 Å². The van der Waals surface area contributed by atoms with Gasteiger partial charge in [-0.3, -0.25) is 4.79 Å². The molecule has 82 valence electrons. The van der Waals surface area contributed by atoms with Crippen LogP contribution in [0.25, 0.3) is 0 Å². The van der Waals surface area contributed by atoms with E-state index in [1.54, 1.807) is 11.8 Å². The summed E-state index contributed by atoms with van der Waals surface area (Å²) in [5, 5.41) is 0.796. The lowest BCUT2D eigenvalue weighted by atomic mass is 10.2. The molecule has 0 spiro atoms. The van der Waals surface area contributed by atoms with Crippen LogP contribution < -0.4 is 0 Å². The van der Waals surface area contributed by atoms with Crippen molar-refractivity contribution in [2.45, 2.75) is 31.1 Å². The number of hydrogen-bond donors (Lipinski definition) is 0. The molecular formula is C12H15ClOS. The monoisotopic (exact) mass is 242 g/mol. The second-order valence-corrected chi connectivity index (χ2v) is 4.82. The van der Waals surface area contributed by atoms with Crippen LogP contribution in [0.5, 0.6) is 0 Å². The molecule has 0 atom stereocenters. The molecule has 15 heavy (non-hydrogen) atoms. The van der Waals surface area contributed by atoms with Crippen molar-refractivity contribution in [2.75, 3.05) is 5.75 Å². The topological polar surface area (TPSA) is 17.1 Å². The van der Waals surface area contributed by atoms with Crippen LogP contribution in [-0.2, 0) is 4.79 Å². The van der Waals surface area contributed by atoms with Crippen molar-refractivity contribution in [1.82, 2.24) is 0 Å². The fourth-order valence-corrected chi connectivity index (χ4v) is 2.38. The zero-order valence-electron chi connectivity index (χ0n) is 8.83. The Morgan fingerprint density at radius 3 is 2.80 bits per heavy atom. The van der Waals surface area contributed by atoms with Gasteiger partial charge in [-0.15, -0.1) is 11.8 Å². The Labute approximate surface area is 100 Å². The molecule has 0 unspecified atom stereocenters. The number of carbonyl (C=O) groups excluding carboxylic acids is 1. The van der Waals surface area contributed by atoms with Gasteiger partial charge in [-0.05, 0) is 24.3 Å². The molecule has 0 saturated heterocycles. The molecule has 0 aliphatic carbocycles. The number of rotatable bonds is 6. The molecule has 0 aliphatic heterocycles. The van der Waals surface area contributed by atoms with E-state index in [4.69, 9.17) is 11.6 Å². The maximum Gasteiger partial charge on any atom is 0.132 e. The van der Waals surface area contributed by atoms with Gasteiger partial charge in [0, 0.05) is 17.7 Å². The molecule has 3 heteroatoms. The minimum absolute atomic E-state index is 0.342. The van der Waals surface area contributed by atoms with E-state index in [1.807, 2.05) is 31.2 Å². The highest BCUT2D eigenvalue weighted by molar-refractivity contribution is 7.99. The molecule has 1 nitrogen and oxygen atoms in total. The number of thioether (sulfide) groups is 1. The molecule has 0 N–H and O–H groups in total. The first kappa shape index (κ1) is 12.6. The summed E-state index contributed by atoms with van der Waals surface area (Å²) in [6.45, 7) is 1.91. The second-order valence-electron chi connectivity index (χ2n) is 3.27. The zero-order valence-corrected chi connectivity index (χ0v) is 10.4. The number of benzene rings is 1. The van der Waals surface area contributed by atoms with E-state index in [0.717, 1.165) is 22.1 Å². The van der Waals surface area contributed by atoms with Gasteiger partial charge in [0.1, 0.15) is 5.78 Å². The molecule has 1 aromatic carbocycles. The van der Waals surface area contributed by atoms with E-state index in [2.05, 4.69) is 0 Å². The number of ketones is 1. The van der Waals surface area contributed by atoms with Crippen LogP contribution in [0.4, 0.5) is 0 Å². The fourth-order valence-electron chi connectivity index (χ4n) is 1.19. The van der Waals surface area contributed by atoms with E-state index in [1.165, 1.54) is 0 Å². The molecule has 1 rings (SSSR count). The average Bonchev–Trinajstić information content (AvgIpc) is 2.26. The van der Waals surface area contributed by atoms with E-state index in [-0.39, 0.29) is 0 Å². The summed E-state index contributed by atoms with van der Waals surface area (Å²) in [6, 6.07) is 7.80. The summed E-state index contributed by atoms with van der Waals surface area (Å²) in [4.78, 5) is 12.2. The number of hydrogen-bond acceptors (Lipinski definition) is 2. The summed E-state index contributed by atoms with van der Waals surface area (Å²) < 4.78 is 0. The van der Waals surface area contributed by atoms with Gasteiger partial charge in [-0.1, -0.05) is 30.7 Å². The van der Waals surface area contributed by atoms with Gasteiger partial charge in [0.15, 0.2) is 0 Å². The van der Waals surface area contributed by atoms with Crippen molar-refractivity contribution in [2.24, 2.45) is 0 Å². The SMILES string of the molecule is CCC(=O)CCCSc1ccccc1Cl. The Hall–Kier alpha value is -0.470. The Balaban J connectivity index is 2.26. The zero-order chi connectivity index (χ0) is 11.1. The summed E-state index contributed by atoms with van der Waals surface area (Å²) in [6.07, 6.45) is 2.27. The lowest BCUT2D eigenvalue weighted by Gasteiger charge is -2.02. The summed E-state index contributed by atoms with van der Waals surface area (Å²) >= 11 is 7.72. The highest BCUT2D eigenvalue weighted by Crippen LogP contribution is 2.27. The molecule has 0 saturated carbocycles.